The standard InChI is InChI=1S/C28H52NO6P/c1-24(2)12-9-13-25(3)14-10-15-26(4)16-11-17-27(5)18-20-33-22-28(32-8)23-35-36(30,31)34-21-19-29(6)7/h12,14,16,18,28H,9-11,13,15,17,19-23H2,1-8H3,(H,30,31). The van der Waals surface area contributed by atoms with E-state index in [9.17, 15) is 9.46 Å². The van der Waals surface area contributed by atoms with Crippen molar-refractivity contribution in [3.8, 4) is 0 Å². The van der Waals surface area contributed by atoms with Gasteiger partial charge in [-0.25, -0.2) is 4.57 Å². The maximum atomic E-state index is 11.9. The van der Waals surface area contributed by atoms with Crippen LogP contribution in [0.5, 0.6) is 0 Å². The molecule has 0 aliphatic carbocycles. The summed E-state index contributed by atoms with van der Waals surface area (Å²) in [6.45, 7) is 12.1. The van der Waals surface area contributed by atoms with E-state index in [1.807, 2.05) is 19.0 Å². The molecule has 7 nitrogen and oxygen atoms in total. The summed E-state index contributed by atoms with van der Waals surface area (Å²) in [6, 6.07) is 0. The topological polar surface area (TPSA) is 77.5 Å². The molecule has 0 aromatic rings. The molecule has 0 amide bonds. The summed E-state index contributed by atoms with van der Waals surface area (Å²) in [5.41, 5.74) is 5.56. The fourth-order valence-electron chi connectivity index (χ4n) is 3.13. The van der Waals surface area contributed by atoms with Crippen LogP contribution >= 0.6 is 7.82 Å². The van der Waals surface area contributed by atoms with Crippen LogP contribution in [0.1, 0.15) is 73.1 Å². The molecule has 0 aromatic carbocycles. The molecule has 2 atom stereocenters. The van der Waals surface area contributed by atoms with Crippen LogP contribution < -0.4 is 0 Å². The molecule has 0 saturated carbocycles. The minimum Gasteiger partial charge on any atom is -0.377 e. The van der Waals surface area contributed by atoms with Crippen LogP contribution in [0.2, 0.25) is 0 Å². The molecular weight excluding hydrogens is 477 g/mol. The molecule has 0 bridgehead atoms. The minimum atomic E-state index is -4.10. The Balaban J connectivity index is 4.15. The highest BCUT2D eigenvalue weighted by molar-refractivity contribution is 7.47. The van der Waals surface area contributed by atoms with Crippen molar-refractivity contribution in [1.29, 1.82) is 0 Å². The lowest BCUT2D eigenvalue weighted by atomic mass is 10.0. The summed E-state index contributed by atoms with van der Waals surface area (Å²) in [7, 11) is 1.13. The van der Waals surface area contributed by atoms with Gasteiger partial charge >= 0.3 is 7.82 Å². The lowest BCUT2D eigenvalue weighted by Gasteiger charge is -2.18. The molecule has 1 N–H and O–H groups in total. The van der Waals surface area contributed by atoms with Crippen molar-refractivity contribution >= 4 is 7.82 Å². The van der Waals surface area contributed by atoms with Gasteiger partial charge in [-0.3, -0.25) is 9.05 Å². The number of allylic oxidation sites excluding steroid dienone is 7. The van der Waals surface area contributed by atoms with Crippen LogP contribution in [-0.4, -0.2) is 70.1 Å². The number of nitrogens with zero attached hydrogens (tertiary/aromatic N) is 1. The van der Waals surface area contributed by atoms with Gasteiger partial charge in [-0.2, -0.15) is 0 Å². The molecule has 0 spiro atoms. The van der Waals surface area contributed by atoms with E-state index in [0.717, 1.165) is 38.5 Å². The second kappa shape index (κ2) is 20.9. The van der Waals surface area contributed by atoms with Crippen LogP contribution in [0.4, 0.5) is 0 Å². The third kappa shape index (κ3) is 22.2. The quantitative estimate of drug-likeness (QED) is 0.0989. The van der Waals surface area contributed by atoms with Crippen LogP contribution in [0, 0.1) is 0 Å². The van der Waals surface area contributed by atoms with E-state index >= 15 is 0 Å². The molecular formula is C28H52NO6P. The molecule has 8 heteroatoms. The highest BCUT2D eigenvalue weighted by Crippen LogP contribution is 2.43. The average Bonchev–Trinajstić information content (AvgIpc) is 2.78. The smallest absolute Gasteiger partial charge is 0.377 e. The van der Waals surface area contributed by atoms with Gasteiger partial charge in [0.2, 0.25) is 0 Å². The van der Waals surface area contributed by atoms with Crippen LogP contribution in [0.3, 0.4) is 0 Å². The van der Waals surface area contributed by atoms with Gasteiger partial charge in [0.1, 0.15) is 6.10 Å². The van der Waals surface area contributed by atoms with Crippen molar-refractivity contribution in [2.75, 3.05) is 54.2 Å². The Morgan fingerprint density at radius 3 is 1.86 bits per heavy atom. The number of phosphoric acid groups is 1. The fraction of sp³-hybridized carbons (Fsp3) is 0.714. The molecule has 0 aromatic heterocycles. The fourth-order valence-corrected chi connectivity index (χ4v) is 3.87. The lowest BCUT2D eigenvalue weighted by molar-refractivity contribution is -0.0156. The van der Waals surface area contributed by atoms with Crippen LogP contribution in [0.25, 0.3) is 0 Å². The molecule has 0 radical (unpaired) electrons. The second-order valence-electron chi connectivity index (χ2n) is 9.84. The number of likely N-dealkylation sites (N-methyl/N-ethyl adjacent to an activating group) is 1. The number of hydrogen-bond donors (Lipinski definition) is 1. The normalized spacial score (nSPS) is 15.8. The predicted octanol–water partition coefficient (Wildman–Crippen LogP) is 6.86. The van der Waals surface area contributed by atoms with Crippen LogP contribution in [-0.2, 0) is 23.1 Å². The zero-order valence-electron chi connectivity index (χ0n) is 24.0. The van der Waals surface area contributed by atoms with E-state index in [4.69, 9.17) is 18.5 Å². The van der Waals surface area contributed by atoms with E-state index in [0.29, 0.717) is 13.2 Å². The van der Waals surface area contributed by atoms with Gasteiger partial charge in [-0.05, 0) is 87.2 Å². The van der Waals surface area contributed by atoms with Gasteiger partial charge in [-0.15, -0.1) is 0 Å². The van der Waals surface area contributed by atoms with Crippen molar-refractivity contribution in [3.05, 3.63) is 46.6 Å². The monoisotopic (exact) mass is 529 g/mol. The van der Waals surface area contributed by atoms with Crippen molar-refractivity contribution in [2.24, 2.45) is 0 Å². The predicted molar refractivity (Wildman–Crippen MR) is 150 cm³/mol. The van der Waals surface area contributed by atoms with Crippen molar-refractivity contribution < 1.29 is 28.0 Å². The maximum absolute atomic E-state index is 11.9. The summed E-state index contributed by atoms with van der Waals surface area (Å²) in [5.74, 6) is 0. The summed E-state index contributed by atoms with van der Waals surface area (Å²) in [4.78, 5) is 11.6. The second-order valence-corrected chi connectivity index (χ2v) is 11.3. The first-order valence-corrected chi connectivity index (χ1v) is 14.4. The molecule has 0 rings (SSSR count). The Hall–Kier alpha value is -1.05. The van der Waals surface area contributed by atoms with E-state index in [2.05, 4.69) is 58.9 Å². The molecule has 0 aliphatic heterocycles. The van der Waals surface area contributed by atoms with Crippen LogP contribution in [0.15, 0.2) is 46.6 Å². The first-order valence-electron chi connectivity index (χ1n) is 12.9. The number of phosphoric ester groups is 1. The average molecular weight is 530 g/mol. The van der Waals surface area contributed by atoms with Gasteiger partial charge in [0.25, 0.3) is 0 Å². The molecule has 0 saturated heterocycles. The first-order chi connectivity index (χ1) is 16.9. The highest BCUT2D eigenvalue weighted by atomic mass is 31.2. The van der Waals surface area contributed by atoms with Gasteiger partial charge in [-0.1, -0.05) is 46.6 Å². The summed E-state index contributed by atoms with van der Waals surface area (Å²) in [6.07, 6.45) is 15.1. The Kier molecular flexibility index (Phi) is 20.3. The number of methoxy groups -OCH3 is 1. The number of ether oxygens (including phenoxy) is 2. The summed E-state index contributed by atoms with van der Waals surface area (Å²) in [5, 5.41) is 0. The minimum absolute atomic E-state index is 0.0802. The third-order valence-corrected chi connectivity index (χ3v) is 6.54. The largest absolute Gasteiger partial charge is 0.472 e. The zero-order chi connectivity index (χ0) is 27.4. The van der Waals surface area contributed by atoms with E-state index in [1.165, 1.54) is 29.4 Å². The molecule has 0 fully saturated rings. The Labute approximate surface area is 220 Å². The van der Waals surface area contributed by atoms with Crippen molar-refractivity contribution in [1.82, 2.24) is 4.90 Å². The SMILES string of the molecule is COC(COCC=C(C)CCC=C(C)CCC=C(C)CCC=C(C)C)COP(=O)(O)OCCN(C)C. The zero-order valence-corrected chi connectivity index (χ0v) is 24.9. The molecule has 36 heavy (non-hydrogen) atoms. The third-order valence-electron chi connectivity index (χ3n) is 5.56. The number of rotatable bonds is 21. The molecule has 0 aliphatic rings. The molecule has 0 heterocycles. The van der Waals surface area contributed by atoms with E-state index in [1.54, 1.807) is 0 Å². The van der Waals surface area contributed by atoms with Gasteiger partial charge in [0.15, 0.2) is 0 Å². The highest BCUT2D eigenvalue weighted by Gasteiger charge is 2.23. The van der Waals surface area contributed by atoms with Gasteiger partial charge in [0, 0.05) is 13.7 Å². The first kappa shape index (κ1) is 35.0. The van der Waals surface area contributed by atoms with E-state index < -0.39 is 13.9 Å². The van der Waals surface area contributed by atoms with Crippen molar-refractivity contribution in [3.63, 3.8) is 0 Å². The molecule has 210 valence electrons. The number of hydrogen-bond acceptors (Lipinski definition) is 6. The summed E-state index contributed by atoms with van der Waals surface area (Å²) < 4.78 is 32.8. The van der Waals surface area contributed by atoms with E-state index in [-0.39, 0.29) is 19.8 Å². The van der Waals surface area contributed by atoms with Crippen molar-refractivity contribution in [2.45, 2.75) is 79.2 Å². The lowest BCUT2D eigenvalue weighted by Crippen LogP contribution is -2.24. The van der Waals surface area contributed by atoms with Gasteiger partial charge < -0.3 is 19.3 Å². The Morgan fingerprint density at radius 1 is 0.833 bits per heavy atom. The Morgan fingerprint density at radius 2 is 1.36 bits per heavy atom. The molecule has 2 unspecified atom stereocenters. The van der Waals surface area contributed by atoms with Gasteiger partial charge in [0.05, 0.1) is 26.4 Å². The summed E-state index contributed by atoms with van der Waals surface area (Å²) >= 11 is 0. The maximum Gasteiger partial charge on any atom is 0.472 e. The Bertz CT molecular complexity index is 753.